The number of piperidine rings is 1. The largest absolute Gasteiger partial charge is 0.379 e. The van der Waals surface area contributed by atoms with Gasteiger partial charge in [0.15, 0.2) is 5.54 Å². The number of hydrogen-bond acceptors (Lipinski definition) is 1. The second-order valence-electron chi connectivity index (χ2n) is 8.21. The smallest absolute Gasteiger partial charge is 0.157 e. The van der Waals surface area contributed by atoms with Crippen molar-refractivity contribution in [1.29, 1.82) is 0 Å². The average molecular weight is 349 g/mol. The second-order valence-corrected chi connectivity index (χ2v) is 8.21. The molecule has 0 aromatic heterocycles. The topological polar surface area (TPSA) is 20.2 Å². The first-order chi connectivity index (χ1) is 12.4. The van der Waals surface area contributed by atoms with Crippen LogP contribution in [-0.4, -0.2) is 35.8 Å². The molecule has 0 bridgehead atoms. The van der Waals surface area contributed by atoms with Crippen LogP contribution in [-0.2, 0) is 5.60 Å². The van der Waals surface area contributed by atoms with Crippen LogP contribution in [0.15, 0.2) is 60.7 Å². The van der Waals surface area contributed by atoms with Crippen molar-refractivity contribution in [2.75, 3.05) is 20.6 Å². The molecule has 1 aliphatic heterocycles. The Balaban J connectivity index is 1.94. The van der Waals surface area contributed by atoms with Gasteiger partial charge in [-0.3, -0.25) is 0 Å². The van der Waals surface area contributed by atoms with Crippen LogP contribution in [0.4, 0.5) is 0 Å². The second kappa shape index (κ2) is 7.27. The number of nitrogens with zero attached hydrogens (tertiary/aromatic N) is 1. The van der Waals surface area contributed by atoms with Crippen molar-refractivity contribution in [2.24, 2.45) is 0 Å². The zero-order valence-electron chi connectivity index (χ0n) is 16.2. The standard InChI is InChI=1S/C24H30NO/c1-23(17-10-11-20-25(23,2)3)18-12-19-24(26,21-13-6-4-7-14-21)22-15-8-5-9-16-22/h4-9,13-16,26H,10-11,17,19-20H2,1-3H3/q+1. The summed E-state index contributed by atoms with van der Waals surface area (Å²) in [5.41, 5.74) is 0.649. The van der Waals surface area contributed by atoms with E-state index in [1.54, 1.807) is 0 Å². The van der Waals surface area contributed by atoms with E-state index in [1.165, 1.54) is 12.8 Å². The molecule has 2 nitrogen and oxygen atoms in total. The van der Waals surface area contributed by atoms with E-state index >= 15 is 0 Å². The van der Waals surface area contributed by atoms with Crippen LogP contribution in [0.3, 0.4) is 0 Å². The lowest BCUT2D eigenvalue weighted by atomic mass is 9.82. The Morgan fingerprint density at radius 1 is 0.962 bits per heavy atom. The van der Waals surface area contributed by atoms with E-state index in [4.69, 9.17) is 0 Å². The molecule has 1 heterocycles. The third-order valence-corrected chi connectivity index (χ3v) is 6.17. The maximum atomic E-state index is 11.6. The number of likely N-dealkylation sites (tertiary alicyclic amines) is 1. The van der Waals surface area contributed by atoms with Gasteiger partial charge in [-0.1, -0.05) is 66.6 Å². The monoisotopic (exact) mass is 348 g/mol. The minimum absolute atomic E-state index is 0.0491. The van der Waals surface area contributed by atoms with E-state index in [2.05, 4.69) is 32.9 Å². The molecule has 1 atom stereocenters. The number of quaternary nitrogens is 1. The van der Waals surface area contributed by atoms with Crippen LogP contribution in [0.25, 0.3) is 0 Å². The molecule has 136 valence electrons. The van der Waals surface area contributed by atoms with E-state index in [9.17, 15) is 5.11 Å². The highest BCUT2D eigenvalue weighted by Crippen LogP contribution is 2.34. The summed E-state index contributed by atoms with van der Waals surface area (Å²) >= 11 is 0. The van der Waals surface area contributed by atoms with E-state index in [0.29, 0.717) is 6.42 Å². The van der Waals surface area contributed by atoms with Gasteiger partial charge < -0.3 is 9.59 Å². The minimum Gasteiger partial charge on any atom is -0.379 e. The van der Waals surface area contributed by atoms with Crippen molar-refractivity contribution in [3.63, 3.8) is 0 Å². The molecule has 1 saturated heterocycles. The van der Waals surface area contributed by atoms with Crippen molar-refractivity contribution >= 4 is 0 Å². The zero-order valence-corrected chi connectivity index (χ0v) is 16.2. The van der Waals surface area contributed by atoms with Crippen LogP contribution >= 0.6 is 0 Å². The summed E-state index contributed by atoms with van der Waals surface area (Å²) in [6, 6.07) is 19.8. The number of rotatable bonds is 3. The van der Waals surface area contributed by atoms with Gasteiger partial charge >= 0.3 is 0 Å². The highest BCUT2D eigenvalue weighted by molar-refractivity contribution is 5.37. The third kappa shape index (κ3) is 3.56. The van der Waals surface area contributed by atoms with Crippen molar-refractivity contribution in [1.82, 2.24) is 0 Å². The molecular formula is C24H30NO+. The molecule has 0 radical (unpaired) electrons. The van der Waals surface area contributed by atoms with Crippen LogP contribution in [0.1, 0.15) is 43.7 Å². The van der Waals surface area contributed by atoms with Gasteiger partial charge in [0.1, 0.15) is 5.60 Å². The van der Waals surface area contributed by atoms with E-state index in [-0.39, 0.29) is 5.54 Å². The van der Waals surface area contributed by atoms with Gasteiger partial charge in [0, 0.05) is 19.8 Å². The lowest BCUT2D eigenvalue weighted by Gasteiger charge is -2.46. The van der Waals surface area contributed by atoms with Crippen molar-refractivity contribution in [2.45, 2.75) is 43.7 Å². The zero-order chi connectivity index (χ0) is 18.7. The fraction of sp³-hybridized carbons (Fsp3) is 0.417. The highest BCUT2D eigenvalue weighted by Gasteiger charge is 2.42. The Bertz CT molecular complexity index is 746. The molecule has 1 N–H and O–H groups in total. The summed E-state index contributed by atoms with van der Waals surface area (Å²) in [4.78, 5) is 0. The van der Waals surface area contributed by atoms with Gasteiger partial charge in [-0.05, 0) is 29.9 Å². The average Bonchev–Trinajstić information content (AvgIpc) is 2.65. The third-order valence-electron chi connectivity index (χ3n) is 6.17. The van der Waals surface area contributed by atoms with Crippen molar-refractivity contribution in [3.8, 4) is 11.8 Å². The predicted molar refractivity (Wildman–Crippen MR) is 108 cm³/mol. The molecule has 0 saturated carbocycles. The van der Waals surface area contributed by atoms with Gasteiger partial charge in [0.2, 0.25) is 0 Å². The van der Waals surface area contributed by atoms with E-state index in [0.717, 1.165) is 28.6 Å². The minimum atomic E-state index is -1.09. The number of benzene rings is 2. The Morgan fingerprint density at radius 3 is 2.00 bits per heavy atom. The van der Waals surface area contributed by atoms with Crippen molar-refractivity contribution in [3.05, 3.63) is 71.8 Å². The van der Waals surface area contributed by atoms with E-state index in [1.807, 2.05) is 60.7 Å². The summed E-state index contributed by atoms with van der Waals surface area (Å²) in [7, 11) is 4.54. The van der Waals surface area contributed by atoms with E-state index < -0.39 is 5.60 Å². The first-order valence-corrected chi connectivity index (χ1v) is 9.54. The molecule has 0 amide bonds. The Labute approximate surface area is 158 Å². The van der Waals surface area contributed by atoms with Crippen molar-refractivity contribution < 1.29 is 9.59 Å². The van der Waals surface area contributed by atoms with Gasteiger partial charge in [0.25, 0.3) is 0 Å². The predicted octanol–water partition coefficient (Wildman–Crippen LogP) is 4.34. The number of hydrogen-bond donors (Lipinski definition) is 1. The summed E-state index contributed by atoms with van der Waals surface area (Å²) < 4.78 is 0.926. The van der Waals surface area contributed by atoms with Crippen LogP contribution < -0.4 is 0 Å². The molecule has 1 aliphatic rings. The Hall–Kier alpha value is -2.08. The van der Waals surface area contributed by atoms with Gasteiger partial charge in [0.05, 0.1) is 20.6 Å². The number of aliphatic hydroxyl groups is 1. The van der Waals surface area contributed by atoms with Crippen LogP contribution in [0.2, 0.25) is 0 Å². The molecule has 2 aromatic carbocycles. The summed E-state index contributed by atoms with van der Waals surface area (Å²) in [6.45, 7) is 3.43. The lowest BCUT2D eigenvalue weighted by Crippen LogP contribution is -2.59. The molecule has 0 aliphatic carbocycles. The van der Waals surface area contributed by atoms with Gasteiger partial charge in [-0.25, -0.2) is 0 Å². The summed E-state index contributed by atoms with van der Waals surface area (Å²) in [6.07, 6.45) is 4.01. The maximum Gasteiger partial charge on any atom is 0.157 e. The fourth-order valence-electron chi connectivity index (χ4n) is 3.90. The first-order valence-electron chi connectivity index (χ1n) is 9.54. The van der Waals surface area contributed by atoms with Gasteiger partial charge in [-0.2, -0.15) is 0 Å². The molecule has 26 heavy (non-hydrogen) atoms. The summed E-state index contributed by atoms with van der Waals surface area (Å²) in [5, 5.41) is 11.6. The molecule has 2 heteroatoms. The molecule has 3 rings (SSSR count). The SMILES string of the molecule is CC1(C#CCC(O)(c2ccccc2)c2ccccc2)CCCC[N+]1(C)C. The normalized spacial score (nSPS) is 22.3. The van der Waals surface area contributed by atoms with Crippen LogP contribution in [0.5, 0.6) is 0 Å². The molecular weight excluding hydrogens is 318 g/mol. The molecule has 1 fully saturated rings. The molecule has 0 spiro atoms. The lowest BCUT2D eigenvalue weighted by molar-refractivity contribution is -0.935. The Kier molecular flexibility index (Phi) is 5.23. The van der Waals surface area contributed by atoms with Crippen LogP contribution in [0, 0.1) is 11.8 Å². The highest BCUT2D eigenvalue weighted by atomic mass is 16.3. The Morgan fingerprint density at radius 2 is 1.50 bits per heavy atom. The quantitative estimate of drug-likeness (QED) is 0.646. The first kappa shape index (κ1) is 18.7. The van der Waals surface area contributed by atoms with Gasteiger partial charge in [-0.15, -0.1) is 0 Å². The maximum absolute atomic E-state index is 11.6. The summed E-state index contributed by atoms with van der Waals surface area (Å²) in [5.74, 6) is 6.92. The fourth-order valence-corrected chi connectivity index (χ4v) is 3.90. The molecule has 1 unspecified atom stereocenters. The molecule has 2 aromatic rings.